The lowest BCUT2D eigenvalue weighted by molar-refractivity contribution is -0.386. The summed E-state index contributed by atoms with van der Waals surface area (Å²) in [5.74, 6) is 1.22. The molecule has 1 saturated heterocycles. The molecule has 1 unspecified atom stereocenters. The van der Waals surface area contributed by atoms with Gasteiger partial charge in [-0.05, 0) is 86.7 Å². The van der Waals surface area contributed by atoms with E-state index in [1.54, 1.807) is 12.1 Å². The number of hydrogen-bond donors (Lipinski definition) is 1. The Bertz CT molecular complexity index is 1350. The van der Waals surface area contributed by atoms with Crippen molar-refractivity contribution >= 4 is 34.7 Å². The van der Waals surface area contributed by atoms with Gasteiger partial charge in [-0.3, -0.25) is 25.0 Å². The van der Waals surface area contributed by atoms with Gasteiger partial charge in [0.1, 0.15) is 30.3 Å². The zero-order valence-electron chi connectivity index (χ0n) is 21.1. The number of rotatable bonds is 8. The fraction of sp³-hybridized carbons (Fsp3) is 0.333. The number of ether oxygens (including phenoxy) is 3. The first-order valence-corrected chi connectivity index (χ1v) is 12.6. The lowest BCUT2D eigenvalue weighted by atomic mass is 9.87. The first kappa shape index (κ1) is 26.3. The highest BCUT2D eigenvalue weighted by Gasteiger charge is 2.36. The second-order valence-electron chi connectivity index (χ2n) is 9.29. The third-order valence-corrected chi connectivity index (χ3v) is 7.37. The first-order chi connectivity index (χ1) is 17.5. The molecule has 2 aromatic carbocycles. The van der Waals surface area contributed by atoms with Crippen LogP contribution >= 0.6 is 11.8 Å². The molecule has 37 heavy (non-hydrogen) atoms. The van der Waals surface area contributed by atoms with Crippen molar-refractivity contribution in [1.82, 2.24) is 5.32 Å². The predicted octanol–water partition coefficient (Wildman–Crippen LogP) is 5.57. The van der Waals surface area contributed by atoms with Crippen LogP contribution < -0.4 is 19.5 Å². The molecule has 0 aliphatic carbocycles. The van der Waals surface area contributed by atoms with Crippen LogP contribution in [0.5, 0.6) is 17.2 Å². The van der Waals surface area contributed by atoms with E-state index in [1.165, 1.54) is 18.2 Å². The highest BCUT2D eigenvalue weighted by atomic mass is 32.2. The Morgan fingerprint density at radius 3 is 2.62 bits per heavy atom. The second kappa shape index (κ2) is 10.3. The van der Waals surface area contributed by atoms with Gasteiger partial charge < -0.3 is 14.2 Å². The molecular formula is C27H28N2O7S. The highest BCUT2D eigenvalue weighted by molar-refractivity contribution is 8.18. The monoisotopic (exact) mass is 524 g/mol. The maximum atomic E-state index is 11.8. The van der Waals surface area contributed by atoms with Crippen molar-refractivity contribution in [3.63, 3.8) is 0 Å². The van der Waals surface area contributed by atoms with E-state index in [0.717, 1.165) is 51.9 Å². The number of benzene rings is 2. The number of imide groups is 1. The Balaban J connectivity index is 1.55. The molecule has 1 atom stereocenters. The minimum Gasteiger partial charge on any atom is -0.489 e. The molecule has 0 aromatic heterocycles. The lowest BCUT2D eigenvalue weighted by Crippen LogP contribution is -2.42. The van der Waals surface area contributed by atoms with Crippen molar-refractivity contribution in [2.24, 2.45) is 0 Å². The van der Waals surface area contributed by atoms with E-state index in [9.17, 15) is 19.7 Å². The number of nitrogens with one attached hydrogen (secondary N) is 1. The third kappa shape index (κ3) is 5.34. The molecule has 0 radical (unpaired) electrons. The van der Waals surface area contributed by atoms with Crippen LogP contribution in [0.4, 0.5) is 10.5 Å². The van der Waals surface area contributed by atoms with Crippen LogP contribution in [0, 0.1) is 30.9 Å². The van der Waals surface area contributed by atoms with Crippen LogP contribution in [0.25, 0.3) is 6.08 Å². The average Bonchev–Trinajstić information content (AvgIpc) is 3.17. The number of nitro benzene ring substituents is 1. The summed E-state index contributed by atoms with van der Waals surface area (Å²) >= 11 is 0.749. The van der Waals surface area contributed by atoms with Crippen LogP contribution in [-0.2, 0) is 11.2 Å². The molecule has 10 heteroatoms. The van der Waals surface area contributed by atoms with Gasteiger partial charge in [0.25, 0.3) is 11.1 Å². The highest BCUT2D eigenvalue weighted by Crippen LogP contribution is 2.44. The Labute approximate surface area is 219 Å². The Morgan fingerprint density at radius 1 is 1.22 bits per heavy atom. The summed E-state index contributed by atoms with van der Waals surface area (Å²) in [5.41, 5.74) is 3.59. The average molecular weight is 525 g/mol. The molecule has 2 aromatic rings. The summed E-state index contributed by atoms with van der Waals surface area (Å²) in [6, 6.07) is 4.42. The molecule has 0 bridgehead atoms. The molecule has 0 spiro atoms. The summed E-state index contributed by atoms with van der Waals surface area (Å²) in [4.78, 5) is 34.6. The number of carbonyl (C=O) groups is 2. The maximum absolute atomic E-state index is 11.8. The van der Waals surface area contributed by atoms with Gasteiger partial charge in [0, 0.05) is 11.6 Å². The zero-order valence-corrected chi connectivity index (χ0v) is 22.0. The summed E-state index contributed by atoms with van der Waals surface area (Å²) in [6.07, 6.45) is 4.55. The molecule has 2 amide bonds. The fourth-order valence-electron chi connectivity index (χ4n) is 4.43. The van der Waals surface area contributed by atoms with Crippen LogP contribution in [0.1, 0.15) is 41.2 Å². The van der Waals surface area contributed by atoms with E-state index >= 15 is 0 Å². The van der Waals surface area contributed by atoms with Gasteiger partial charge in [-0.25, -0.2) is 0 Å². The van der Waals surface area contributed by atoms with E-state index in [0.29, 0.717) is 18.6 Å². The lowest BCUT2D eigenvalue weighted by Gasteiger charge is -2.37. The number of nitro groups is 1. The van der Waals surface area contributed by atoms with Gasteiger partial charge >= 0.3 is 5.69 Å². The van der Waals surface area contributed by atoms with Crippen LogP contribution in [0.3, 0.4) is 0 Å². The number of thioether (sulfide) groups is 1. The molecule has 1 fully saturated rings. The first-order valence-electron chi connectivity index (χ1n) is 11.7. The van der Waals surface area contributed by atoms with E-state index < -0.39 is 21.7 Å². The van der Waals surface area contributed by atoms with E-state index in [4.69, 9.17) is 14.2 Å². The minimum absolute atomic E-state index is 0.0969. The number of amides is 2. The molecule has 2 heterocycles. The quantitative estimate of drug-likeness (QED) is 0.206. The van der Waals surface area contributed by atoms with Crippen LogP contribution in [0.15, 0.2) is 35.8 Å². The van der Waals surface area contributed by atoms with E-state index in [1.807, 2.05) is 27.7 Å². The second-order valence-corrected chi connectivity index (χ2v) is 10.3. The minimum atomic E-state index is -0.701. The van der Waals surface area contributed by atoms with Gasteiger partial charge in [0.2, 0.25) is 0 Å². The number of nitrogens with zero attached hydrogens (tertiary/aromatic N) is 1. The Hall–Kier alpha value is -3.79. The van der Waals surface area contributed by atoms with Gasteiger partial charge in [0.15, 0.2) is 5.75 Å². The zero-order chi connectivity index (χ0) is 26.9. The van der Waals surface area contributed by atoms with Gasteiger partial charge in [0.05, 0.1) is 9.83 Å². The number of carbonyl (C=O) groups excluding carboxylic acids is 2. The van der Waals surface area contributed by atoms with Crippen molar-refractivity contribution in [2.45, 2.75) is 46.1 Å². The predicted molar refractivity (Wildman–Crippen MR) is 141 cm³/mol. The summed E-state index contributed by atoms with van der Waals surface area (Å²) in [5, 5.41) is 13.4. The van der Waals surface area contributed by atoms with Crippen molar-refractivity contribution in [1.29, 1.82) is 0 Å². The normalized spacial score (nSPS) is 19.7. The van der Waals surface area contributed by atoms with Gasteiger partial charge in [-0.15, -0.1) is 0 Å². The van der Waals surface area contributed by atoms with Crippen molar-refractivity contribution in [3.05, 3.63) is 73.7 Å². The molecule has 1 N–H and O–H groups in total. The molecule has 9 nitrogen and oxygen atoms in total. The van der Waals surface area contributed by atoms with Crippen LogP contribution in [0.2, 0.25) is 0 Å². The van der Waals surface area contributed by atoms with Crippen LogP contribution in [-0.4, -0.2) is 34.9 Å². The molecule has 0 saturated carbocycles. The standard InChI is InChI=1S/C27H28N2O7S/c1-6-11-34-23-15(2)16(3)24-19(17(23)4)9-10-27(5,36-24)14-35-21-8-7-18(12-20(21)29(32)33)13-22-25(30)28-26(31)37-22/h6-8,12-13H,1,9-11,14H2,2-5H3,(H,28,30,31). The van der Waals surface area contributed by atoms with E-state index in [-0.39, 0.29) is 22.9 Å². The molecular weight excluding hydrogens is 496 g/mol. The van der Waals surface area contributed by atoms with Crippen molar-refractivity contribution in [3.8, 4) is 17.2 Å². The molecule has 2 aliphatic heterocycles. The van der Waals surface area contributed by atoms with Gasteiger partial charge in [-0.1, -0.05) is 18.7 Å². The SMILES string of the molecule is C=CCOc1c(C)c(C)c2c(c1C)CCC(C)(COc1ccc(C=C3SC(=O)NC3=O)cc1[N+](=O)[O-])O2. The summed E-state index contributed by atoms with van der Waals surface area (Å²) in [6.45, 7) is 12.2. The molecule has 2 aliphatic rings. The number of fused-ring (bicyclic) bond motifs is 1. The third-order valence-electron chi connectivity index (χ3n) is 6.56. The van der Waals surface area contributed by atoms with Crippen molar-refractivity contribution in [2.75, 3.05) is 13.2 Å². The summed E-state index contributed by atoms with van der Waals surface area (Å²) in [7, 11) is 0. The Kier molecular flexibility index (Phi) is 7.31. The number of hydrogen-bond acceptors (Lipinski definition) is 8. The smallest absolute Gasteiger partial charge is 0.311 e. The maximum Gasteiger partial charge on any atom is 0.311 e. The summed E-state index contributed by atoms with van der Waals surface area (Å²) < 4.78 is 18.3. The van der Waals surface area contributed by atoms with E-state index in [2.05, 4.69) is 11.9 Å². The van der Waals surface area contributed by atoms with Crippen molar-refractivity contribution < 1.29 is 28.7 Å². The topological polar surface area (TPSA) is 117 Å². The van der Waals surface area contributed by atoms with Gasteiger partial charge in [-0.2, -0.15) is 0 Å². The molecule has 194 valence electrons. The molecule has 4 rings (SSSR count). The Morgan fingerprint density at radius 2 is 1.97 bits per heavy atom. The fourth-order valence-corrected chi connectivity index (χ4v) is 5.12. The largest absolute Gasteiger partial charge is 0.489 e.